The van der Waals surface area contributed by atoms with E-state index in [4.69, 9.17) is 15.5 Å². The summed E-state index contributed by atoms with van der Waals surface area (Å²) in [6.07, 6.45) is 5.12. The second-order valence-corrected chi connectivity index (χ2v) is 8.26. The lowest BCUT2D eigenvalue weighted by Crippen LogP contribution is -2.29. The molecule has 3 heterocycles. The van der Waals surface area contributed by atoms with Gasteiger partial charge in [-0.1, -0.05) is 11.8 Å². The zero-order valence-electron chi connectivity index (χ0n) is 13.2. The van der Waals surface area contributed by atoms with Crippen LogP contribution in [-0.2, 0) is 28.9 Å². The fourth-order valence-electron chi connectivity index (χ4n) is 3.46. The molecule has 6 nitrogen and oxygen atoms in total. The summed E-state index contributed by atoms with van der Waals surface area (Å²) in [6, 6.07) is 0. The SMILES string of the molecule is NC(=O)CSc1nc2sc3c(c2c(=O)n1C[C@@H]1CCCO1)CCC3. The Morgan fingerprint density at radius 1 is 1.42 bits per heavy atom. The summed E-state index contributed by atoms with van der Waals surface area (Å²) in [4.78, 5) is 31.1. The van der Waals surface area contributed by atoms with Crippen LogP contribution in [0.15, 0.2) is 9.95 Å². The number of fused-ring (bicyclic) bond motifs is 3. The number of aryl methyl sites for hydroxylation is 2. The Bertz CT molecular complexity index is 852. The van der Waals surface area contributed by atoms with Crippen LogP contribution in [0.2, 0.25) is 0 Å². The Kier molecular flexibility index (Phi) is 4.36. The summed E-state index contributed by atoms with van der Waals surface area (Å²) in [7, 11) is 0. The Balaban J connectivity index is 1.81. The van der Waals surface area contributed by atoms with Crippen molar-refractivity contribution in [2.24, 2.45) is 5.73 Å². The van der Waals surface area contributed by atoms with E-state index in [0.717, 1.165) is 48.9 Å². The molecular formula is C16H19N3O3S2. The highest BCUT2D eigenvalue weighted by Gasteiger charge is 2.25. The van der Waals surface area contributed by atoms with E-state index in [9.17, 15) is 9.59 Å². The Morgan fingerprint density at radius 3 is 3.04 bits per heavy atom. The van der Waals surface area contributed by atoms with Gasteiger partial charge in [0.05, 0.1) is 23.8 Å². The first-order chi connectivity index (χ1) is 11.6. The van der Waals surface area contributed by atoms with Crippen molar-refractivity contribution in [1.82, 2.24) is 9.55 Å². The molecule has 24 heavy (non-hydrogen) atoms. The van der Waals surface area contributed by atoms with Crippen LogP contribution < -0.4 is 11.3 Å². The molecule has 1 aliphatic carbocycles. The zero-order valence-corrected chi connectivity index (χ0v) is 14.9. The monoisotopic (exact) mass is 365 g/mol. The number of nitrogens with zero attached hydrogens (tertiary/aromatic N) is 2. The smallest absolute Gasteiger partial charge is 0.263 e. The van der Waals surface area contributed by atoms with Crippen LogP contribution in [0, 0.1) is 0 Å². The minimum Gasteiger partial charge on any atom is -0.376 e. The van der Waals surface area contributed by atoms with E-state index < -0.39 is 5.91 Å². The van der Waals surface area contributed by atoms with Crippen LogP contribution in [0.1, 0.15) is 29.7 Å². The molecule has 1 aliphatic heterocycles. The maximum atomic E-state index is 13.1. The molecule has 1 saturated heterocycles. The molecule has 0 aromatic carbocycles. The predicted octanol–water partition coefficient (Wildman–Crippen LogP) is 1.70. The molecule has 1 atom stereocenters. The van der Waals surface area contributed by atoms with Gasteiger partial charge in [0.1, 0.15) is 4.83 Å². The second kappa shape index (κ2) is 6.50. The third-order valence-corrected chi connectivity index (χ3v) is 6.73. The van der Waals surface area contributed by atoms with Crippen molar-refractivity contribution < 1.29 is 9.53 Å². The van der Waals surface area contributed by atoms with Gasteiger partial charge in [-0.05, 0) is 37.7 Å². The van der Waals surface area contributed by atoms with Crippen molar-refractivity contribution in [3.8, 4) is 0 Å². The number of hydrogen-bond donors (Lipinski definition) is 1. The number of rotatable bonds is 5. The van der Waals surface area contributed by atoms with Crippen LogP contribution in [0.3, 0.4) is 0 Å². The van der Waals surface area contributed by atoms with Crippen molar-refractivity contribution in [3.63, 3.8) is 0 Å². The van der Waals surface area contributed by atoms with Crippen molar-refractivity contribution in [3.05, 3.63) is 20.8 Å². The third-order valence-electron chi connectivity index (χ3n) is 4.54. The van der Waals surface area contributed by atoms with Crippen LogP contribution in [0.4, 0.5) is 0 Å². The molecule has 0 bridgehead atoms. The first-order valence-corrected chi connectivity index (χ1v) is 10.0. The van der Waals surface area contributed by atoms with E-state index in [-0.39, 0.29) is 17.4 Å². The number of thioether (sulfide) groups is 1. The van der Waals surface area contributed by atoms with Crippen LogP contribution in [-0.4, -0.2) is 33.9 Å². The number of ether oxygens (including phenoxy) is 1. The van der Waals surface area contributed by atoms with Crippen molar-refractivity contribution in [1.29, 1.82) is 0 Å². The molecule has 0 spiro atoms. The topological polar surface area (TPSA) is 87.2 Å². The minimum absolute atomic E-state index is 0.00173. The maximum Gasteiger partial charge on any atom is 0.263 e. The quantitative estimate of drug-likeness (QED) is 0.644. The first-order valence-electron chi connectivity index (χ1n) is 8.21. The van der Waals surface area contributed by atoms with Gasteiger partial charge in [-0.2, -0.15) is 0 Å². The van der Waals surface area contributed by atoms with E-state index >= 15 is 0 Å². The normalized spacial score (nSPS) is 19.9. The summed E-state index contributed by atoms with van der Waals surface area (Å²) in [5, 5.41) is 1.34. The molecule has 2 aliphatic rings. The number of amides is 1. The summed E-state index contributed by atoms with van der Waals surface area (Å²) < 4.78 is 7.38. The molecule has 0 saturated carbocycles. The minimum atomic E-state index is -0.410. The van der Waals surface area contributed by atoms with Crippen LogP contribution in [0.5, 0.6) is 0 Å². The summed E-state index contributed by atoms with van der Waals surface area (Å²) in [5.74, 6) is -0.291. The molecule has 4 rings (SSSR count). The number of hydrogen-bond acceptors (Lipinski definition) is 6. The lowest BCUT2D eigenvalue weighted by Gasteiger charge is -2.15. The number of carbonyl (C=O) groups is 1. The van der Waals surface area contributed by atoms with Crippen molar-refractivity contribution >= 4 is 39.2 Å². The molecular weight excluding hydrogens is 346 g/mol. The van der Waals surface area contributed by atoms with E-state index in [1.807, 2.05) is 0 Å². The average Bonchev–Trinajstić information content (AvgIpc) is 3.24. The molecule has 2 aromatic heterocycles. The van der Waals surface area contributed by atoms with Crippen molar-refractivity contribution in [2.75, 3.05) is 12.4 Å². The lowest BCUT2D eigenvalue weighted by atomic mass is 10.2. The lowest BCUT2D eigenvalue weighted by molar-refractivity contribution is -0.115. The molecule has 1 fully saturated rings. The number of aromatic nitrogens is 2. The zero-order chi connectivity index (χ0) is 16.7. The Morgan fingerprint density at radius 2 is 2.29 bits per heavy atom. The molecule has 0 radical (unpaired) electrons. The van der Waals surface area contributed by atoms with Gasteiger partial charge in [0.15, 0.2) is 5.16 Å². The van der Waals surface area contributed by atoms with Gasteiger partial charge in [-0.3, -0.25) is 14.2 Å². The fourth-order valence-corrected chi connectivity index (χ4v) is 5.51. The molecule has 2 aromatic rings. The van der Waals surface area contributed by atoms with Gasteiger partial charge in [0.25, 0.3) is 5.56 Å². The van der Waals surface area contributed by atoms with Gasteiger partial charge in [0, 0.05) is 11.5 Å². The maximum absolute atomic E-state index is 13.1. The number of nitrogens with two attached hydrogens (primary N) is 1. The highest BCUT2D eigenvalue weighted by Crippen LogP contribution is 2.35. The summed E-state index contributed by atoms with van der Waals surface area (Å²) in [6.45, 7) is 1.24. The summed E-state index contributed by atoms with van der Waals surface area (Å²) >= 11 is 2.85. The fraction of sp³-hybridized carbons (Fsp3) is 0.562. The van der Waals surface area contributed by atoms with Gasteiger partial charge < -0.3 is 10.5 Å². The first kappa shape index (κ1) is 16.1. The molecule has 0 unspecified atom stereocenters. The van der Waals surface area contributed by atoms with Gasteiger partial charge in [0.2, 0.25) is 5.91 Å². The van der Waals surface area contributed by atoms with E-state index in [0.29, 0.717) is 11.7 Å². The number of primary amides is 1. The number of thiophene rings is 1. The highest BCUT2D eigenvalue weighted by molar-refractivity contribution is 7.99. The molecule has 8 heteroatoms. The molecule has 128 valence electrons. The highest BCUT2D eigenvalue weighted by atomic mass is 32.2. The van der Waals surface area contributed by atoms with Gasteiger partial charge >= 0.3 is 0 Å². The van der Waals surface area contributed by atoms with Gasteiger partial charge in [-0.25, -0.2) is 4.98 Å². The van der Waals surface area contributed by atoms with Crippen LogP contribution in [0.25, 0.3) is 10.2 Å². The Hall–Kier alpha value is -1.38. The molecule has 1 amide bonds. The Labute approximate surface area is 147 Å². The summed E-state index contributed by atoms with van der Waals surface area (Å²) in [5.41, 5.74) is 6.45. The van der Waals surface area contributed by atoms with Crippen LogP contribution >= 0.6 is 23.1 Å². The van der Waals surface area contributed by atoms with E-state index in [2.05, 4.69) is 0 Å². The standard InChI is InChI=1S/C16H19N3O3S2/c17-12(20)8-23-16-18-14-13(10-4-1-5-11(10)24-14)15(21)19(16)7-9-3-2-6-22-9/h9H,1-8H2,(H2,17,20)/t9-/m0/s1. The van der Waals surface area contributed by atoms with Gasteiger partial charge in [-0.15, -0.1) is 11.3 Å². The average molecular weight is 365 g/mol. The number of carbonyl (C=O) groups excluding carboxylic acids is 1. The third kappa shape index (κ3) is 2.87. The van der Waals surface area contributed by atoms with Crippen molar-refractivity contribution in [2.45, 2.75) is 49.9 Å². The predicted molar refractivity (Wildman–Crippen MR) is 94.8 cm³/mol. The molecule has 2 N–H and O–H groups in total. The second-order valence-electron chi connectivity index (χ2n) is 6.24. The van der Waals surface area contributed by atoms with E-state index in [1.165, 1.54) is 22.2 Å². The largest absolute Gasteiger partial charge is 0.376 e. The van der Waals surface area contributed by atoms with E-state index in [1.54, 1.807) is 15.9 Å².